The minimum atomic E-state index is 0.725. The van der Waals surface area contributed by atoms with Gasteiger partial charge < -0.3 is 4.74 Å². The Morgan fingerprint density at radius 3 is 2.52 bits per heavy atom. The molecule has 0 N–H and O–H groups in total. The quantitative estimate of drug-likeness (QED) is 0.650. The minimum Gasteiger partial charge on any atom is -0.496 e. The van der Waals surface area contributed by atoms with Crippen LogP contribution in [-0.4, -0.2) is 17.1 Å². The highest BCUT2D eigenvalue weighted by Gasteiger charge is 2.08. The number of hydrogen-bond acceptors (Lipinski definition) is 4. The van der Waals surface area contributed by atoms with Gasteiger partial charge in [0.2, 0.25) is 0 Å². The molecule has 2 aromatic carbocycles. The fourth-order valence-electron chi connectivity index (χ4n) is 2.38. The Morgan fingerprint density at radius 2 is 1.78 bits per heavy atom. The molecule has 0 radical (unpaired) electrons. The molecule has 0 saturated carbocycles. The second-order valence-electron chi connectivity index (χ2n) is 5.19. The highest BCUT2D eigenvalue weighted by Crippen LogP contribution is 2.28. The Labute approximate surface area is 145 Å². The number of aryl methyl sites for hydroxylation is 1. The van der Waals surface area contributed by atoms with Crippen LogP contribution in [0.5, 0.6) is 5.75 Å². The lowest BCUT2D eigenvalue weighted by molar-refractivity contribution is 0.411. The van der Waals surface area contributed by atoms with Crippen molar-refractivity contribution < 1.29 is 4.74 Å². The fraction of sp³-hybridized carbons (Fsp3) is 0.222. The van der Waals surface area contributed by atoms with Crippen LogP contribution in [0.15, 0.2) is 42.5 Å². The van der Waals surface area contributed by atoms with E-state index in [9.17, 15) is 0 Å². The van der Waals surface area contributed by atoms with E-state index in [0.29, 0.717) is 0 Å². The second-order valence-corrected chi connectivity index (χ2v) is 6.62. The molecule has 5 heteroatoms. The number of thioether (sulfide) groups is 1. The van der Waals surface area contributed by atoms with Gasteiger partial charge in [-0.05, 0) is 37.3 Å². The van der Waals surface area contributed by atoms with E-state index in [0.717, 1.165) is 50.3 Å². The number of methoxy groups -OCH3 is 1. The molecule has 1 aromatic heterocycles. The van der Waals surface area contributed by atoms with Crippen molar-refractivity contribution in [2.24, 2.45) is 0 Å². The summed E-state index contributed by atoms with van der Waals surface area (Å²) in [5.41, 5.74) is 4.98. The molecule has 0 saturated heterocycles. The number of benzene rings is 2. The first-order valence-electron chi connectivity index (χ1n) is 7.30. The van der Waals surface area contributed by atoms with Gasteiger partial charge in [0.25, 0.3) is 0 Å². The summed E-state index contributed by atoms with van der Waals surface area (Å²) < 4.78 is 5.38. The van der Waals surface area contributed by atoms with Crippen molar-refractivity contribution in [1.29, 1.82) is 0 Å². The van der Waals surface area contributed by atoms with Gasteiger partial charge in [-0.1, -0.05) is 23.7 Å². The van der Waals surface area contributed by atoms with E-state index in [1.54, 1.807) is 18.9 Å². The molecule has 3 aromatic rings. The third-order valence-electron chi connectivity index (χ3n) is 3.58. The van der Waals surface area contributed by atoms with E-state index >= 15 is 0 Å². The monoisotopic (exact) mass is 344 g/mol. The van der Waals surface area contributed by atoms with E-state index < -0.39 is 0 Å². The van der Waals surface area contributed by atoms with Crippen LogP contribution in [0, 0.1) is 6.92 Å². The Balaban J connectivity index is 1.74. The van der Waals surface area contributed by atoms with Gasteiger partial charge in [-0.25, -0.2) is 9.97 Å². The predicted molar refractivity (Wildman–Crippen MR) is 97.3 cm³/mol. The van der Waals surface area contributed by atoms with Gasteiger partial charge >= 0.3 is 0 Å². The molecule has 0 aliphatic heterocycles. The first kappa shape index (κ1) is 16.1. The molecule has 0 unspecified atom stereocenters. The van der Waals surface area contributed by atoms with Gasteiger partial charge in [-0.3, -0.25) is 0 Å². The zero-order valence-corrected chi connectivity index (χ0v) is 14.6. The van der Waals surface area contributed by atoms with Gasteiger partial charge in [0.1, 0.15) is 5.75 Å². The summed E-state index contributed by atoms with van der Waals surface area (Å²) in [6.07, 6.45) is 0. The Kier molecular flexibility index (Phi) is 5.03. The van der Waals surface area contributed by atoms with E-state index in [-0.39, 0.29) is 0 Å². The third-order valence-corrected chi connectivity index (χ3v) is 4.81. The van der Waals surface area contributed by atoms with Crippen molar-refractivity contribution in [3.63, 3.8) is 0 Å². The number of aromatic nitrogens is 2. The first-order chi connectivity index (χ1) is 11.2. The lowest BCUT2D eigenvalue weighted by atomic mass is 10.2. The smallest absolute Gasteiger partial charge is 0.122 e. The van der Waals surface area contributed by atoms with Crippen LogP contribution >= 0.6 is 23.4 Å². The lowest BCUT2D eigenvalue weighted by Crippen LogP contribution is -1.97. The molecule has 23 heavy (non-hydrogen) atoms. The van der Waals surface area contributed by atoms with Crippen LogP contribution in [0.1, 0.15) is 17.0 Å². The summed E-state index contributed by atoms with van der Waals surface area (Å²) in [5, 5.41) is 0.725. The van der Waals surface area contributed by atoms with E-state index in [1.807, 2.05) is 49.4 Å². The second kappa shape index (κ2) is 7.20. The molecule has 0 atom stereocenters. The third kappa shape index (κ3) is 3.77. The molecular formula is C18H17ClN2OS. The van der Waals surface area contributed by atoms with Crippen molar-refractivity contribution in [3.8, 4) is 5.75 Å². The van der Waals surface area contributed by atoms with Gasteiger partial charge in [0.15, 0.2) is 0 Å². The Hall–Kier alpha value is -1.78. The van der Waals surface area contributed by atoms with Crippen LogP contribution < -0.4 is 4.74 Å². The van der Waals surface area contributed by atoms with Gasteiger partial charge in [0.05, 0.1) is 29.5 Å². The van der Waals surface area contributed by atoms with Crippen LogP contribution in [0.3, 0.4) is 0 Å². The minimum absolute atomic E-state index is 0.725. The topological polar surface area (TPSA) is 35.0 Å². The summed E-state index contributed by atoms with van der Waals surface area (Å²) in [7, 11) is 1.68. The van der Waals surface area contributed by atoms with Crippen LogP contribution in [-0.2, 0) is 11.5 Å². The average Bonchev–Trinajstić information content (AvgIpc) is 2.55. The number of nitrogens with zero attached hydrogens (tertiary/aromatic N) is 2. The maximum atomic E-state index is 6.07. The highest BCUT2D eigenvalue weighted by atomic mass is 35.5. The van der Waals surface area contributed by atoms with Gasteiger partial charge in [-0.15, -0.1) is 0 Å². The van der Waals surface area contributed by atoms with Gasteiger partial charge in [0, 0.05) is 22.1 Å². The summed E-state index contributed by atoms with van der Waals surface area (Å²) >= 11 is 7.85. The lowest BCUT2D eigenvalue weighted by Gasteiger charge is -2.10. The van der Waals surface area contributed by atoms with E-state index in [1.165, 1.54) is 0 Å². The average molecular weight is 345 g/mol. The Morgan fingerprint density at radius 1 is 1.04 bits per heavy atom. The summed E-state index contributed by atoms with van der Waals surface area (Å²) in [6, 6.07) is 13.6. The van der Waals surface area contributed by atoms with Crippen LogP contribution in [0.2, 0.25) is 5.02 Å². The highest BCUT2D eigenvalue weighted by molar-refractivity contribution is 7.97. The molecule has 0 fully saturated rings. The molecule has 118 valence electrons. The van der Waals surface area contributed by atoms with Crippen LogP contribution in [0.25, 0.3) is 11.0 Å². The van der Waals surface area contributed by atoms with Crippen molar-refractivity contribution in [2.75, 3.05) is 7.11 Å². The maximum absolute atomic E-state index is 6.07. The molecule has 3 nitrogen and oxygen atoms in total. The number of hydrogen-bond donors (Lipinski definition) is 0. The molecule has 0 aliphatic carbocycles. The van der Waals surface area contributed by atoms with Crippen molar-refractivity contribution in [3.05, 3.63) is 64.4 Å². The standard InChI is InChI=1S/C18H17ClN2OS/c1-12-17(21-16-6-4-3-5-15(16)20-12)11-23-10-13-9-14(19)7-8-18(13)22-2/h3-9H,10-11H2,1-2H3. The fourth-order valence-corrected chi connectivity index (χ4v) is 3.59. The molecule has 0 amide bonds. The normalized spacial score (nSPS) is 10.9. The van der Waals surface area contributed by atoms with E-state index in [2.05, 4.69) is 4.98 Å². The number of rotatable bonds is 5. The van der Waals surface area contributed by atoms with E-state index in [4.69, 9.17) is 21.3 Å². The molecule has 0 aliphatic rings. The number of para-hydroxylation sites is 2. The van der Waals surface area contributed by atoms with Crippen molar-refractivity contribution in [1.82, 2.24) is 9.97 Å². The number of ether oxygens (including phenoxy) is 1. The summed E-state index contributed by atoms with van der Waals surface area (Å²) in [5.74, 6) is 2.49. The molecule has 1 heterocycles. The summed E-state index contributed by atoms with van der Waals surface area (Å²) in [4.78, 5) is 9.35. The number of fused-ring (bicyclic) bond motifs is 1. The van der Waals surface area contributed by atoms with Crippen LogP contribution in [0.4, 0.5) is 0 Å². The predicted octanol–water partition coefficient (Wildman–Crippen LogP) is 5.03. The molecule has 3 rings (SSSR count). The largest absolute Gasteiger partial charge is 0.496 e. The molecular weight excluding hydrogens is 328 g/mol. The van der Waals surface area contributed by atoms with Crippen molar-refractivity contribution in [2.45, 2.75) is 18.4 Å². The molecule has 0 spiro atoms. The zero-order valence-electron chi connectivity index (χ0n) is 13.0. The first-order valence-corrected chi connectivity index (χ1v) is 8.83. The van der Waals surface area contributed by atoms with Crippen molar-refractivity contribution >= 4 is 34.4 Å². The Bertz CT molecular complexity index is 838. The van der Waals surface area contributed by atoms with Gasteiger partial charge in [-0.2, -0.15) is 11.8 Å². The molecule has 0 bridgehead atoms. The SMILES string of the molecule is COc1ccc(Cl)cc1CSCc1nc2ccccc2nc1C. The summed E-state index contributed by atoms with van der Waals surface area (Å²) in [6.45, 7) is 2.01. The number of halogens is 1. The zero-order chi connectivity index (χ0) is 16.2. The maximum Gasteiger partial charge on any atom is 0.122 e.